The first-order chi connectivity index (χ1) is 13.1. The molecule has 0 spiro atoms. The van der Waals surface area contributed by atoms with E-state index in [2.05, 4.69) is 18.0 Å². The summed E-state index contributed by atoms with van der Waals surface area (Å²) in [4.78, 5) is 4.50. The van der Waals surface area contributed by atoms with Crippen molar-refractivity contribution in [2.45, 2.75) is 50.2 Å². The Kier molecular flexibility index (Phi) is 6.59. The SMILES string of the molecule is CCc1ccc(OC[C@H](O)C[S@@](=O)c2nc3c(cc2C#N)CCCC3)cc1. The minimum atomic E-state index is -1.55. The van der Waals surface area contributed by atoms with Crippen LogP contribution in [0.15, 0.2) is 35.4 Å². The van der Waals surface area contributed by atoms with Crippen LogP contribution in [0.25, 0.3) is 0 Å². The van der Waals surface area contributed by atoms with E-state index in [4.69, 9.17) is 4.74 Å². The number of hydrogen-bond acceptors (Lipinski definition) is 5. The zero-order valence-electron chi connectivity index (χ0n) is 15.5. The van der Waals surface area contributed by atoms with Gasteiger partial charge in [0.25, 0.3) is 0 Å². The number of nitrogens with zero attached hydrogens (tertiary/aromatic N) is 2. The molecule has 0 unspecified atom stereocenters. The van der Waals surface area contributed by atoms with Gasteiger partial charge in [-0.15, -0.1) is 0 Å². The lowest BCUT2D eigenvalue weighted by Crippen LogP contribution is -2.25. The number of fused-ring (bicyclic) bond motifs is 1. The Morgan fingerprint density at radius 1 is 1.30 bits per heavy atom. The van der Waals surface area contributed by atoms with Gasteiger partial charge in [-0.1, -0.05) is 19.1 Å². The van der Waals surface area contributed by atoms with Gasteiger partial charge in [-0.2, -0.15) is 5.26 Å². The molecule has 1 heterocycles. The van der Waals surface area contributed by atoms with Gasteiger partial charge in [0.05, 0.1) is 28.2 Å². The number of benzene rings is 1. The molecular weight excluding hydrogens is 360 g/mol. The van der Waals surface area contributed by atoms with Gasteiger partial charge in [-0.3, -0.25) is 4.21 Å². The highest BCUT2D eigenvalue weighted by Crippen LogP contribution is 2.24. The van der Waals surface area contributed by atoms with E-state index in [-0.39, 0.29) is 17.4 Å². The maximum Gasteiger partial charge on any atom is 0.145 e. The van der Waals surface area contributed by atoms with Crippen LogP contribution >= 0.6 is 0 Å². The number of pyridine rings is 1. The normalized spacial score (nSPS) is 15.4. The summed E-state index contributed by atoms with van der Waals surface area (Å²) in [6.07, 6.45) is 3.97. The molecule has 0 amide bonds. The molecule has 142 valence electrons. The molecule has 0 radical (unpaired) electrons. The highest BCUT2D eigenvalue weighted by Gasteiger charge is 2.21. The fourth-order valence-corrected chi connectivity index (χ4v) is 4.35. The molecule has 1 aliphatic carbocycles. The molecule has 5 nitrogen and oxygen atoms in total. The molecule has 6 heteroatoms. The summed E-state index contributed by atoms with van der Waals surface area (Å²) in [6, 6.07) is 11.6. The first kappa shape index (κ1) is 19.5. The number of rotatable bonds is 7. The van der Waals surface area contributed by atoms with Gasteiger partial charge < -0.3 is 9.84 Å². The summed E-state index contributed by atoms with van der Waals surface area (Å²) in [5.74, 6) is 0.662. The third-order valence-corrected chi connectivity index (χ3v) is 6.15. The minimum absolute atomic E-state index is 0.00644. The van der Waals surface area contributed by atoms with Gasteiger partial charge in [0.15, 0.2) is 0 Å². The zero-order valence-corrected chi connectivity index (χ0v) is 16.3. The maximum absolute atomic E-state index is 12.7. The first-order valence-electron chi connectivity index (χ1n) is 9.31. The van der Waals surface area contributed by atoms with Gasteiger partial charge in [0.1, 0.15) is 23.5 Å². The Balaban J connectivity index is 1.63. The number of aryl methyl sites for hydroxylation is 3. The Bertz CT molecular complexity index is 859. The predicted molar refractivity (Wildman–Crippen MR) is 104 cm³/mol. The summed E-state index contributed by atoms with van der Waals surface area (Å²) in [5.41, 5.74) is 3.58. The standard InChI is InChI=1S/C21H24N2O3S/c1-2-15-7-9-19(10-8-15)26-13-18(24)14-27(25)21-17(12-22)11-16-5-3-4-6-20(16)23-21/h7-11,18,24H,2-6,13-14H2,1H3/t18-,27+/m0/s1. The maximum atomic E-state index is 12.7. The Hall–Kier alpha value is -2.23. The highest BCUT2D eigenvalue weighted by atomic mass is 32.2. The molecule has 2 atom stereocenters. The van der Waals surface area contributed by atoms with Gasteiger partial charge in [-0.05, 0) is 61.4 Å². The number of nitriles is 1. The molecule has 1 aromatic heterocycles. The second-order valence-corrected chi connectivity index (χ2v) is 8.15. The lowest BCUT2D eigenvalue weighted by atomic mass is 9.95. The van der Waals surface area contributed by atoms with Crippen LogP contribution in [-0.4, -0.2) is 32.8 Å². The monoisotopic (exact) mass is 384 g/mol. The van der Waals surface area contributed by atoms with Crippen molar-refractivity contribution < 1.29 is 14.1 Å². The van der Waals surface area contributed by atoms with Gasteiger partial charge >= 0.3 is 0 Å². The van der Waals surface area contributed by atoms with Crippen LogP contribution in [0, 0.1) is 11.3 Å². The van der Waals surface area contributed by atoms with Crippen molar-refractivity contribution in [3.05, 3.63) is 52.7 Å². The van der Waals surface area contributed by atoms with E-state index in [1.54, 1.807) is 0 Å². The van der Waals surface area contributed by atoms with E-state index >= 15 is 0 Å². The molecule has 1 aliphatic rings. The van der Waals surface area contributed by atoms with Crippen molar-refractivity contribution in [1.29, 1.82) is 5.26 Å². The van der Waals surface area contributed by atoms with Gasteiger partial charge in [-0.25, -0.2) is 4.98 Å². The average molecular weight is 385 g/mol. The molecular formula is C21H24N2O3S. The molecule has 0 saturated carbocycles. The number of aromatic nitrogens is 1. The highest BCUT2D eigenvalue weighted by molar-refractivity contribution is 7.85. The molecule has 0 saturated heterocycles. The van der Waals surface area contributed by atoms with E-state index in [1.807, 2.05) is 30.3 Å². The second kappa shape index (κ2) is 9.12. The summed E-state index contributed by atoms with van der Waals surface area (Å²) in [5, 5.41) is 19.9. The predicted octanol–water partition coefficient (Wildman–Crippen LogP) is 2.94. The van der Waals surface area contributed by atoms with E-state index in [9.17, 15) is 14.6 Å². The third kappa shape index (κ3) is 4.94. The fraction of sp³-hybridized carbons (Fsp3) is 0.429. The van der Waals surface area contributed by atoms with Crippen LogP contribution in [0.5, 0.6) is 5.75 Å². The van der Waals surface area contributed by atoms with Gasteiger partial charge in [0.2, 0.25) is 0 Å². The Morgan fingerprint density at radius 3 is 2.74 bits per heavy atom. The third-order valence-electron chi connectivity index (χ3n) is 4.72. The molecule has 0 bridgehead atoms. The molecule has 0 aliphatic heterocycles. The van der Waals surface area contributed by atoms with E-state index in [0.29, 0.717) is 11.3 Å². The van der Waals surface area contributed by atoms with Crippen LogP contribution in [0.2, 0.25) is 0 Å². The quantitative estimate of drug-likeness (QED) is 0.793. The van der Waals surface area contributed by atoms with Crippen LogP contribution in [0.1, 0.15) is 42.1 Å². The van der Waals surface area contributed by atoms with Crippen LogP contribution < -0.4 is 4.74 Å². The van der Waals surface area contributed by atoms with Crippen molar-refractivity contribution >= 4 is 10.8 Å². The number of aliphatic hydroxyl groups excluding tert-OH is 1. The van der Waals surface area contributed by atoms with Crippen molar-refractivity contribution in [3.8, 4) is 11.8 Å². The minimum Gasteiger partial charge on any atom is -0.491 e. The number of aliphatic hydroxyl groups is 1. The Labute approximate surface area is 162 Å². The number of ether oxygens (including phenoxy) is 1. The van der Waals surface area contributed by atoms with E-state index in [1.165, 1.54) is 5.56 Å². The summed E-state index contributed by atoms with van der Waals surface area (Å²) >= 11 is 0. The van der Waals surface area contributed by atoms with E-state index in [0.717, 1.165) is 43.4 Å². The van der Waals surface area contributed by atoms with E-state index < -0.39 is 16.9 Å². The summed E-state index contributed by atoms with van der Waals surface area (Å²) < 4.78 is 18.3. The summed E-state index contributed by atoms with van der Waals surface area (Å²) in [6.45, 7) is 2.13. The second-order valence-electron chi connectivity index (χ2n) is 6.74. The smallest absolute Gasteiger partial charge is 0.145 e. The van der Waals surface area contributed by atoms with Crippen molar-refractivity contribution in [2.24, 2.45) is 0 Å². The van der Waals surface area contributed by atoms with Crippen LogP contribution in [0.3, 0.4) is 0 Å². The van der Waals surface area contributed by atoms with Crippen molar-refractivity contribution in [3.63, 3.8) is 0 Å². The Morgan fingerprint density at radius 2 is 2.04 bits per heavy atom. The summed E-state index contributed by atoms with van der Waals surface area (Å²) in [7, 11) is -1.55. The number of hydrogen-bond donors (Lipinski definition) is 1. The van der Waals surface area contributed by atoms with Crippen molar-refractivity contribution in [1.82, 2.24) is 4.98 Å². The van der Waals surface area contributed by atoms with Crippen molar-refractivity contribution in [2.75, 3.05) is 12.4 Å². The molecule has 1 N–H and O–H groups in total. The van der Waals surface area contributed by atoms with Crippen LogP contribution in [-0.2, 0) is 30.1 Å². The molecule has 3 rings (SSSR count). The lowest BCUT2D eigenvalue weighted by molar-refractivity contribution is 0.125. The molecule has 1 aromatic carbocycles. The topological polar surface area (TPSA) is 83.2 Å². The molecule has 2 aromatic rings. The molecule has 0 fully saturated rings. The average Bonchev–Trinajstić information content (AvgIpc) is 2.71. The van der Waals surface area contributed by atoms with Gasteiger partial charge in [0, 0.05) is 5.69 Å². The first-order valence-corrected chi connectivity index (χ1v) is 10.6. The fourth-order valence-electron chi connectivity index (χ4n) is 3.18. The lowest BCUT2D eigenvalue weighted by Gasteiger charge is -2.17. The molecule has 27 heavy (non-hydrogen) atoms. The largest absolute Gasteiger partial charge is 0.491 e. The van der Waals surface area contributed by atoms with Crippen LogP contribution in [0.4, 0.5) is 0 Å². The zero-order chi connectivity index (χ0) is 19.2.